The molecule has 1 N–H and O–H groups in total. The van der Waals surface area contributed by atoms with Gasteiger partial charge in [0.25, 0.3) is 0 Å². The van der Waals surface area contributed by atoms with Gasteiger partial charge in [-0.1, -0.05) is 11.6 Å². The van der Waals surface area contributed by atoms with Gasteiger partial charge in [0.1, 0.15) is 23.6 Å². The maximum atomic E-state index is 11.8. The number of anilines is 1. The Balaban J connectivity index is 2.73. The first-order valence-electron chi connectivity index (χ1n) is 3.79. The average molecular weight is 236 g/mol. The lowest BCUT2D eigenvalue weighted by atomic mass is 10.3. The van der Waals surface area contributed by atoms with Crippen molar-refractivity contribution in [3.05, 3.63) is 22.8 Å². The number of alkyl halides is 3. The number of rotatable bonds is 2. The number of pyridine rings is 1. The molecule has 15 heavy (non-hydrogen) atoms. The number of nitrogens with one attached hydrogen (secondary N) is 1. The van der Waals surface area contributed by atoms with E-state index in [1.807, 2.05) is 5.32 Å². The van der Waals surface area contributed by atoms with E-state index in [0.29, 0.717) is 0 Å². The van der Waals surface area contributed by atoms with Crippen LogP contribution in [0.15, 0.2) is 12.1 Å². The molecule has 0 saturated carbocycles. The van der Waals surface area contributed by atoms with Crippen molar-refractivity contribution in [1.29, 1.82) is 5.26 Å². The summed E-state index contributed by atoms with van der Waals surface area (Å²) >= 11 is 5.52. The smallest absolute Gasteiger partial charge is 0.361 e. The average Bonchev–Trinajstić information content (AvgIpc) is 2.14. The van der Waals surface area contributed by atoms with Gasteiger partial charge >= 0.3 is 6.18 Å². The largest absolute Gasteiger partial charge is 0.405 e. The number of aromatic nitrogens is 1. The molecule has 0 bridgehead atoms. The molecule has 7 heteroatoms. The number of nitrogens with zero attached hydrogens (tertiary/aromatic N) is 2. The summed E-state index contributed by atoms with van der Waals surface area (Å²) in [5, 5.41) is 10.4. The van der Waals surface area contributed by atoms with Crippen molar-refractivity contribution in [3.63, 3.8) is 0 Å². The van der Waals surface area contributed by atoms with Gasteiger partial charge in [-0.2, -0.15) is 18.4 Å². The van der Waals surface area contributed by atoms with Gasteiger partial charge in [-0.3, -0.25) is 0 Å². The van der Waals surface area contributed by atoms with Gasteiger partial charge in [-0.05, 0) is 12.1 Å². The Hall–Kier alpha value is -1.48. The van der Waals surface area contributed by atoms with Crippen LogP contribution in [0.1, 0.15) is 5.56 Å². The molecular weight excluding hydrogens is 231 g/mol. The second-order valence-corrected chi connectivity index (χ2v) is 2.97. The molecule has 3 nitrogen and oxygen atoms in total. The molecule has 1 aromatic heterocycles. The zero-order chi connectivity index (χ0) is 11.5. The van der Waals surface area contributed by atoms with E-state index in [9.17, 15) is 13.2 Å². The maximum Gasteiger partial charge on any atom is 0.405 e. The molecule has 0 unspecified atom stereocenters. The summed E-state index contributed by atoms with van der Waals surface area (Å²) in [6.45, 7) is -1.19. The van der Waals surface area contributed by atoms with Crippen molar-refractivity contribution in [1.82, 2.24) is 4.98 Å². The predicted molar refractivity (Wildman–Crippen MR) is 48.5 cm³/mol. The van der Waals surface area contributed by atoms with Gasteiger partial charge in [0.2, 0.25) is 0 Å². The van der Waals surface area contributed by atoms with Gasteiger partial charge in [0, 0.05) is 0 Å². The summed E-state index contributed by atoms with van der Waals surface area (Å²) in [4.78, 5) is 3.58. The second kappa shape index (κ2) is 4.36. The maximum absolute atomic E-state index is 11.8. The third-order valence-corrected chi connectivity index (χ3v) is 1.73. The molecular formula is C8H5ClF3N3. The fraction of sp³-hybridized carbons (Fsp3) is 0.250. The van der Waals surface area contributed by atoms with Crippen molar-refractivity contribution in [2.45, 2.75) is 6.18 Å². The molecule has 80 valence electrons. The van der Waals surface area contributed by atoms with Crippen LogP contribution in [0.25, 0.3) is 0 Å². The van der Waals surface area contributed by atoms with Crippen LogP contribution in [-0.4, -0.2) is 17.7 Å². The molecule has 0 aliphatic heterocycles. The highest BCUT2D eigenvalue weighted by molar-refractivity contribution is 6.30. The second-order valence-electron chi connectivity index (χ2n) is 2.62. The standard InChI is InChI=1S/C8H5ClF3N3/c9-7-5(3-13)1-2-6(15-7)14-4-8(10,11)12/h1-2H,4H2,(H,14,15). The molecule has 0 radical (unpaired) electrons. The lowest BCUT2D eigenvalue weighted by molar-refractivity contribution is -0.115. The van der Waals surface area contributed by atoms with Crippen molar-refractivity contribution in [2.75, 3.05) is 11.9 Å². The monoisotopic (exact) mass is 235 g/mol. The Morgan fingerprint density at radius 1 is 1.47 bits per heavy atom. The first kappa shape index (κ1) is 11.6. The van der Waals surface area contributed by atoms with Crippen LogP contribution in [0.3, 0.4) is 0 Å². The highest BCUT2D eigenvalue weighted by Gasteiger charge is 2.26. The predicted octanol–water partition coefficient (Wildman–Crippen LogP) is 2.58. The summed E-state index contributed by atoms with van der Waals surface area (Å²) < 4.78 is 35.4. The lowest BCUT2D eigenvalue weighted by Gasteiger charge is -2.08. The fourth-order valence-electron chi connectivity index (χ4n) is 0.807. The Kier molecular flexibility index (Phi) is 3.37. The van der Waals surface area contributed by atoms with Crippen LogP contribution in [0, 0.1) is 11.3 Å². The minimum absolute atomic E-state index is 0.0173. The molecule has 0 saturated heterocycles. The third-order valence-electron chi connectivity index (χ3n) is 1.44. The number of hydrogen-bond donors (Lipinski definition) is 1. The normalized spacial score (nSPS) is 10.9. The number of nitriles is 1. The van der Waals surface area contributed by atoms with Crippen molar-refractivity contribution < 1.29 is 13.2 Å². The SMILES string of the molecule is N#Cc1ccc(NCC(F)(F)F)nc1Cl. The van der Waals surface area contributed by atoms with E-state index < -0.39 is 12.7 Å². The zero-order valence-electron chi connectivity index (χ0n) is 7.27. The van der Waals surface area contributed by atoms with Crippen LogP contribution in [0.2, 0.25) is 5.15 Å². The summed E-state index contributed by atoms with van der Waals surface area (Å²) in [5.74, 6) is -0.0173. The Labute approximate surface area is 88.5 Å². The molecule has 1 rings (SSSR count). The minimum atomic E-state index is -4.32. The highest BCUT2D eigenvalue weighted by Crippen LogP contribution is 2.18. The van der Waals surface area contributed by atoms with Gasteiger partial charge in [0.15, 0.2) is 0 Å². The number of halogens is 4. The Morgan fingerprint density at radius 3 is 2.60 bits per heavy atom. The van der Waals surface area contributed by atoms with Crippen molar-refractivity contribution >= 4 is 17.4 Å². The van der Waals surface area contributed by atoms with Gasteiger partial charge in [-0.25, -0.2) is 4.98 Å². The highest BCUT2D eigenvalue weighted by atomic mass is 35.5. The lowest BCUT2D eigenvalue weighted by Crippen LogP contribution is -2.21. The quantitative estimate of drug-likeness (QED) is 0.802. The summed E-state index contributed by atoms with van der Waals surface area (Å²) in [6, 6.07) is 4.31. The first-order chi connectivity index (χ1) is 6.92. The van der Waals surface area contributed by atoms with Crippen LogP contribution >= 0.6 is 11.6 Å². The molecule has 0 fully saturated rings. The molecule has 0 aliphatic rings. The third kappa shape index (κ3) is 3.64. The summed E-state index contributed by atoms with van der Waals surface area (Å²) in [6.07, 6.45) is -4.32. The van der Waals surface area contributed by atoms with E-state index in [1.165, 1.54) is 12.1 Å². The molecule has 1 heterocycles. The summed E-state index contributed by atoms with van der Waals surface area (Å²) in [7, 11) is 0. The van der Waals surface area contributed by atoms with Crippen LogP contribution in [0.5, 0.6) is 0 Å². The van der Waals surface area contributed by atoms with E-state index >= 15 is 0 Å². The van der Waals surface area contributed by atoms with Gasteiger partial charge < -0.3 is 5.32 Å². The minimum Gasteiger partial charge on any atom is -0.361 e. The Morgan fingerprint density at radius 2 is 2.13 bits per heavy atom. The summed E-state index contributed by atoms with van der Waals surface area (Å²) in [5.41, 5.74) is 0.120. The molecule has 0 aromatic carbocycles. The van der Waals surface area contributed by atoms with E-state index in [-0.39, 0.29) is 16.5 Å². The van der Waals surface area contributed by atoms with E-state index in [4.69, 9.17) is 16.9 Å². The van der Waals surface area contributed by atoms with Gasteiger partial charge in [-0.15, -0.1) is 0 Å². The topological polar surface area (TPSA) is 48.7 Å². The van der Waals surface area contributed by atoms with E-state index in [2.05, 4.69) is 4.98 Å². The van der Waals surface area contributed by atoms with E-state index in [1.54, 1.807) is 6.07 Å². The van der Waals surface area contributed by atoms with Crippen molar-refractivity contribution in [2.24, 2.45) is 0 Å². The number of hydrogen-bond acceptors (Lipinski definition) is 3. The van der Waals surface area contributed by atoms with Crippen molar-refractivity contribution in [3.8, 4) is 6.07 Å². The van der Waals surface area contributed by atoms with Crippen LogP contribution in [-0.2, 0) is 0 Å². The molecule has 0 aliphatic carbocycles. The van der Waals surface area contributed by atoms with Crippen LogP contribution in [0.4, 0.5) is 19.0 Å². The molecule has 0 atom stereocenters. The van der Waals surface area contributed by atoms with Crippen LogP contribution < -0.4 is 5.32 Å². The molecule has 1 aromatic rings. The van der Waals surface area contributed by atoms with Gasteiger partial charge in [0.05, 0.1) is 5.56 Å². The molecule has 0 amide bonds. The molecule has 0 spiro atoms. The zero-order valence-corrected chi connectivity index (χ0v) is 8.02. The Bertz CT molecular complexity index is 397. The fourth-order valence-corrected chi connectivity index (χ4v) is 1.00. The van der Waals surface area contributed by atoms with E-state index in [0.717, 1.165) is 0 Å². The first-order valence-corrected chi connectivity index (χ1v) is 4.17.